The highest BCUT2D eigenvalue weighted by molar-refractivity contribution is 6.18. The number of aromatic nitrogens is 1. The second kappa shape index (κ2) is 7.88. The van der Waals surface area contributed by atoms with Crippen LogP contribution in [0.4, 0.5) is 5.82 Å². The van der Waals surface area contributed by atoms with E-state index >= 15 is 0 Å². The lowest BCUT2D eigenvalue weighted by Crippen LogP contribution is -2.27. The van der Waals surface area contributed by atoms with Crippen molar-refractivity contribution < 1.29 is 0 Å². The van der Waals surface area contributed by atoms with Gasteiger partial charge in [0.25, 0.3) is 0 Å². The van der Waals surface area contributed by atoms with Gasteiger partial charge >= 0.3 is 0 Å². The van der Waals surface area contributed by atoms with Crippen molar-refractivity contribution in [2.24, 2.45) is 28.9 Å². The molecule has 2 unspecified atom stereocenters. The molecule has 2 atom stereocenters. The Labute approximate surface area is 192 Å². The molecule has 0 radical (unpaired) electrons. The number of nitrogen functional groups attached to an aromatic ring is 1. The molecule has 0 saturated heterocycles. The minimum Gasteiger partial charge on any atom is -0.405 e. The molecule has 2 heterocycles. The zero-order valence-corrected chi connectivity index (χ0v) is 20.5. The van der Waals surface area contributed by atoms with Gasteiger partial charge in [0.2, 0.25) is 0 Å². The molecule has 0 aliphatic rings. The molecule has 0 amide bonds. The average molecular weight is 428 g/mol. The van der Waals surface area contributed by atoms with E-state index in [1.165, 1.54) is 38.3 Å². The second-order valence-electron chi connectivity index (χ2n) is 10.3. The molecule has 0 fully saturated rings. The zero-order valence-electron chi connectivity index (χ0n) is 20.5. The van der Waals surface area contributed by atoms with Gasteiger partial charge in [0.1, 0.15) is 5.82 Å². The monoisotopic (exact) mass is 427 g/mol. The van der Waals surface area contributed by atoms with Crippen LogP contribution >= 0.6 is 0 Å². The number of hydrogen-bond acceptors (Lipinski definition) is 2. The van der Waals surface area contributed by atoms with Gasteiger partial charge in [-0.3, -0.25) is 4.40 Å². The molecule has 0 spiro atoms. The van der Waals surface area contributed by atoms with Crippen LogP contribution in [0.2, 0.25) is 0 Å². The molecule has 0 bridgehead atoms. The third-order valence-corrected chi connectivity index (χ3v) is 8.09. The van der Waals surface area contributed by atoms with Crippen LogP contribution in [0.25, 0.3) is 33.3 Å². The molecule has 2 aromatic heterocycles. The maximum Gasteiger partial charge on any atom is 0.116 e. The summed E-state index contributed by atoms with van der Waals surface area (Å²) in [6.07, 6.45) is 4.12. The first-order valence-electron chi connectivity index (χ1n) is 11.7. The van der Waals surface area contributed by atoms with Crippen molar-refractivity contribution in [1.82, 2.24) is 4.40 Å². The van der Waals surface area contributed by atoms with Gasteiger partial charge in [-0.25, -0.2) is 0 Å². The van der Waals surface area contributed by atoms with Crippen molar-refractivity contribution in [3.05, 3.63) is 65.4 Å². The van der Waals surface area contributed by atoms with Gasteiger partial charge in [0.15, 0.2) is 0 Å². The van der Waals surface area contributed by atoms with E-state index in [0.717, 1.165) is 11.4 Å². The first-order valence-corrected chi connectivity index (χ1v) is 11.7. The molecule has 0 aliphatic carbocycles. The summed E-state index contributed by atoms with van der Waals surface area (Å²) in [6.45, 7) is 16.0. The summed E-state index contributed by atoms with van der Waals surface area (Å²) in [4.78, 5) is 0. The number of hydrogen-bond donors (Lipinski definition) is 2. The van der Waals surface area contributed by atoms with Crippen LogP contribution in [0.15, 0.2) is 59.8 Å². The van der Waals surface area contributed by atoms with E-state index in [2.05, 4.69) is 101 Å². The highest BCUT2D eigenvalue weighted by Gasteiger charge is 2.33. The Morgan fingerprint density at radius 1 is 0.938 bits per heavy atom. The summed E-state index contributed by atoms with van der Waals surface area (Å²) in [5, 5.41) is 3.72. The minimum atomic E-state index is -0.169. The Morgan fingerprint density at radius 3 is 2.22 bits per heavy atom. The lowest BCUT2D eigenvalue weighted by molar-refractivity contribution is 0.299. The number of nitrogens with two attached hydrogens (primary N) is 2. The van der Waals surface area contributed by atoms with Crippen molar-refractivity contribution in [3.63, 3.8) is 0 Å². The molecule has 3 heteroatoms. The van der Waals surface area contributed by atoms with Gasteiger partial charge in [-0.15, -0.1) is 0 Å². The lowest BCUT2D eigenvalue weighted by Gasteiger charge is -2.37. The van der Waals surface area contributed by atoms with E-state index < -0.39 is 0 Å². The highest BCUT2D eigenvalue weighted by Crippen LogP contribution is 2.46. The summed E-state index contributed by atoms with van der Waals surface area (Å²) in [5.74, 6) is 2.31. The van der Waals surface area contributed by atoms with E-state index in [4.69, 9.17) is 11.5 Å². The fourth-order valence-electron chi connectivity index (χ4n) is 5.23. The Morgan fingerprint density at radius 2 is 1.56 bits per heavy atom. The lowest BCUT2D eigenvalue weighted by atomic mass is 9.68. The topological polar surface area (TPSA) is 56.5 Å². The van der Waals surface area contributed by atoms with Crippen LogP contribution in [-0.2, 0) is 0 Å². The van der Waals surface area contributed by atoms with Gasteiger partial charge in [-0.2, -0.15) is 0 Å². The van der Waals surface area contributed by atoms with Gasteiger partial charge < -0.3 is 11.5 Å². The molecule has 32 heavy (non-hydrogen) atoms. The van der Waals surface area contributed by atoms with Gasteiger partial charge in [-0.05, 0) is 42.5 Å². The molecule has 4 aromatic rings. The van der Waals surface area contributed by atoms with Crippen LogP contribution in [0, 0.1) is 23.2 Å². The normalized spacial score (nSPS) is 16.0. The SMILES string of the molecule is C/C(=C/N)C(C)(C)/C(=C/c1c(N)n2c3ccccc3c3cccc1c32)C(C)C(C)C(C)C. The number of anilines is 1. The fraction of sp³-hybridized carbons (Fsp3) is 0.379. The van der Waals surface area contributed by atoms with E-state index in [0.29, 0.717) is 17.8 Å². The molecule has 3 nitrogen and oxygen atoms in total. The smallest absolute Gasteiger partial charge is 0.116 e. The third kappa shape index (κ3) is 3.18. The first-order chi connectivity index (χ1) is 15.1. The molecule has 4 rings (SSSR count). The molecule has 2 aromatic carbocycles. The Bertz CT molecular complexity index is 1330. The van der Waals surface area contributed by atoms with E-state index in [-0.39, 0.29) is 5.41 Å². The predicted octanol–water partition coefficient (Wildman–Crippen LogP) is 7.47. The van der Waals surface area contributed by atoms with Gasteiger partial charge in [-0.1, -0.05) is 89.6 Å². The molecule has 0 aliphatic heterocycles. The first kappa shape index (κ1) is 22.3. The van der Waals surface area contributed by atoms with Crippen molar-refractivity contribution in [2.45, 2.75) is 48.5 Å². The number of nitrogens with zero attached hydrogens (tertiary/aromatic N) is 1. The maximum absolute atomic E-state index is 6.89. The molecule has 168 valence electrons. The summed E-state index contributed by atoms with van der Waals surface area (Å²) in [6, 6.07) is 15.1. The standard InChI is InChI=1S/C29H37N3/c1-17(2)19(4)20(5)25(29(6,7)18(3)16-30)15-24-23-13-10-12-22-21-11-8-9-14-26(21)32(27(22)23)28(24)31/h8-17,19-20H,30-31H2,1-7H3/b18-16-,25-15+. The summed E-state index contributed by atoms with van der Waals surface area (Å²) >= 11 is 0. The minimum absolute atomic E-state index is 0.169. The van der Waals surface area contributed by atoms with Gasteiger partial charge in [0.05, 0.1) is 11.0 Å². The number of benzene rings is 2. The summed E-state index contributed by atoms with van der Waals surface area (Å²) in [5.41, 5.74) is 18.8. The van der Waals surface area contributed by atoms with Crippen LogP contribution < -0.4 is 11.5 Å². The van der Waals surface area contributed by atoms with Gasteiger partial charge in [0, 0.05) is 27.1 Å². The van der Waals surface area contributed by atoms with Crippen LogP contribution in [0.1, 0.15) is 54.0 Å². The third-order valence-electron chi connectivity index (χ3n) is 8.09. The van der Waals surface area contributed by atoms with Crippen molar-refractivity contribution in [2.75, 3.05) is 5.73 Å². The Balaban J connectivity index is 2.05. The number of para-hydroxylation sites is 2. The number of allylic oxidation sites excluding steroid dienone is 2. The largest absolute Gasteiger partial charge is 0.405 e. The van der Waals surface area contributed by atoms with Crippen LogP contribution in [0.3, 0.4) is 0 Å². The maximum atomic E-state index is 6.89. The van der Waals surface area contributed by atoms with E-state index in [1.807, 2.05) is 0 Å². The van der Waals surface area contributed by atoms with Crippen molar-refractivity contribution >= 4 is 39.1 Å². The number of fused-ring (bicyclic) bond motifs is 3. The van der Waals surface area contributed by atoms with E-state index in [9.17, 15) is 0 Å². The molecule has 4 N–H and O–H groups in total. The van der Waals surface area contributed by atoms with Crippen LogP contribution in [0.5, 0.6) is 0 Å². The zero-order chi connectivity index (χ0) is 23.4. The summed E-state index contributed by atoms with van der Waals surface area (Å²) in [7, 11) is 0. The quantitative estimate of drug-likeness (QED) is 0.335. The van der Waals surface area contributed by atoms with Crippen molar-refractivity contribution in [3.8, 4) is 0 Å². The highest BCUT2D eigenvalue weighted by atomic mass is 15.0. The molecular weight excluding hydrogens is 390 g/mol. The Kier molecular flexibility index (Phi) is 5.48. The van der Waals surface area contributed by atoms with Crippen LogP contribution in [-0.4, -0.2) is 4.40 Å². The van der Waals surface area contributed by atoms with E-state index in [1.54, 1.807) is 6.20 Å². The summed E-state index contributed by atoms with van der Waals surface area (Å²) < 4.78 is 2.23. The number of rotatable bonds is 6. The molecular formula is C29H37N3. The average Bonchev–Trinajstić information content (AvgIpc) is 3.26. The fourth-order valence-corrected chi connectivity index (χ4v) is 5.23. The predicted molar refractivity (Wildman–Crippen MR) is 141 cm³/mol. The second-order valence-corrected chi connectivity index (χ2v) is 10.3. The van der Waals surface area contributed by atoms with Crippen molar-refractivity contribution in [1.29, 1.82) is 0 Å². The Hall–Kier alpha value is -2.94. The molecule has 0 saturated carbocycles.